The maximum Gasteiger partial charge on any atom is 0.271 e. The molecular weight excluding hydrogens is 370 g/mol. The van der Waals surface area contributed by atoms with Gasteiger partial charge in [0.2, 0.25) is 0 Å². The molecule has 132 valence electrons. The summed E-state index contributed by atoms with van der Waals surface area (Å²) in [7, 11) is 1.77. The second-order valence-electron chi connectivity index (χ2n) is 6.08. The summed E-state index contributed by atoms with van der Waals surface area (Å²) in [5, 5.41) is 9.54. The number of amides is 1. The number of H-pyrrole nitrogens is 1. The van der Waals surface area contributed by atoms with Crippen molar-refractivity contribution < 1.29 is 4.79 Å². The van der Waals surface area contributed by atoms with Gasteiger partial charge >= 0.3 is 0 Å². The van der Waals surface area contributed by atoms with Crippen LogP contribution < -0.4 is 0 Å². The number of halogens is 1. The Kier molecular flexibility index (Phi) is 4.26. The SMILES string of the molecule is Cc1cc(CN(C)C(=O)c2csc3nc(-c4ccccc4Cl)cn23)n[nH]1. The molecule has 0 aliphatic rings. The Balaban J connectivity index is 1.64. The predicted molar refractivity (Wildman–Crippen MR) is 103 cm³/mol. The number of benzene rings is 1. The Bertz CT molecular complexity index is 1100. The number of thiazole rings is 1. The number of hydrogen-bond donors (Lipinski definition) is 1. The summed E-state index contributed by atoms with van der Waals surface area (Å²) < 4.78 is 1.82. The molecule has 1 aromatic carbocycles. The molecule has 0 radical (unpaired) electrons. The monoisotopic (exact) mass is 385 g/mol. The molecule has 0 saturated carbocycles. The summed E-state index contributed by atoms with van der Waals surface area (Å²) in [6.45, 7) is 2.37. The molecule has 0 unspecified atom stereocenters. The highest BCUT2D eigenvalue weighted by Crippen LogP contribution is 2.29. The first-order chi connectivity index (χ1) is 12.5. The zero-order valence-electron chi connectivity index (χ0n) is 14.2. The summed E-state index contributed by atoms with van der Waals surface area (Å²) in [6.07, 6.45) is 1.85. The van der Waals surface area contributed by atoms with Gasteiger partial charge in [0, 0.05) is 29.9 Å². The Morgan fingerprint density at radius 3 is 2.92 bits per heavy atom. The van der Waals surface area contributed by atoms with Gasteiger partial charge in [-0.1, -0.05) is 29.8 Å². The summed E-state index contributed by atoms with van der Waals surface area (Å²) in [5.41, 5.74) is 3.97. The van der Waals surface area contributed by atoms with Crippen LogP contribution >= 0.6 is 22.9 Å². The number of aromatic nitrogens is 4. The minimum absolute atomic E-state index is 0.0833. The van der Waals surface area contributed by atoms with Gasteiger partial charge < -0.3 is 4.90 Å². The highest BCUT2D eigenvalue weighted by Gasteiger charge is 2.19. The molecule has 0 fully saturated rings. The first-order valence-corrected chi connectivity index (χ1v) is 9.26. The van der Waals surface area contributed by atoms with Gasteiger partial charge in [0.1, 0.15) is 5.69 Å². The summed E-state index contributed by atoms with van der Waals surface area (Å²) in [5.74, 6) is -0.0833. The fourth-order valence-corrected chi connectivity index (χ4v) is 3.88. The third-order valence-corrected chi connectivity index (χ3v) is 5.25. The molecule has 3 aromatic heterocycles. The van der Waals surface area contributed by atoms with Crippen LogP contribution in [-0.4, -0.2) is 37.4 Å². The molecule has 0 aliphatic heterocycles. The number of aromatic amines is 1. The van der Waals surface area contributed by atoms with E-state index < -0.39 is 0 Å². The van der Waals surface area contributed by atoms with Crippen molar-refractivity contribution in [1.29, 1.82) is 0 Å². The van der Waals surface area contributed by atoms with Crippen molar-refractivity contribution in [3.63, 3.8) is 0 Å². The minimum Gasteiger partial charge on any atom is -0.334 e. The minimum atomic E-state index is -0.0833. The van der Waals surface area contributed by atoms with Crippen LogP contribution in [0, 0.1) is 6.92 Å². The molecule has 0 saturated heterocycles. The zero-order valence-corrected chi connectivity index (χ0v) is 15.8. The number of nitrogens with one attached hydrogen (secondary N) is 1. The van der Waals surface area contributed by atoms with Crippen molar-refractivity contribution in [3.05, 3.63) is 64.0 Å². The van der Waals surface area contributed by atoms with E-state index in [4.69, 9.17) is 11.6 Å². The average Bonchev–Trinajstić information content (AvgIpc) is 3.30. The van der Waals surface area contributed by atoms with Gasteiger partial charge in [-0.2, -0.15) is 5.10 Å². The van der Waals surface area contributed by atoms with Crippen LogP contribution in [-0.2, 0) is 6.54 Å². The lowest BCUT2D eigenvalue weighted by Crippen LogP contribution is -2.27. The quantitative estimate of drug-likeness (QED) is 0.577. The maximum atomic E-state index is 12.9. The van der Waals surface area contributed by atoms with Crippen molar-refractivity contribution in [3.8, 4) is 11.3 Å². The number of fused-ring (bicyclic) bond motifs is 1. The van der Waals surface area contributed by atoms with Crippen LogP contribution in [0.3, 0.4) is 0 Å². The van der Waals surface area contributed by atoms with Gasteiger partial charge in [-0.15, -0.1) is 11.3 Å². The first-order valence-electron chi connectivity index (χ1n) is 8.01. The zero-order chi connectivity index (χ0) is 18.3. The molecule has 8 heteroatoms. The molecule has 0 aliphatic carbocycles. The highest BCUT2D eigenvalue weighted by molar-refractivity contribution is 7.15. The van der Waals surface area contributed by atoms with E-state index in [-0.39, 0.29) is 5.91 Å². The van der Waals surface area contributed by atoms with Gasteiger partial charge in [-0.3, -0.25) is 14.3 Å². The van der Waals surface area contributed by atoms with Crippen molar-refractivity contribution in [2.75, 3.05) is 7.05 Å². The molecule has 1 amide bonds. The van der Waals surface area contributed by atoms with Gasteiger partial charge in [0.05, 0.1) is 23.0 Å². The van der Waals surface area contributed by atoms with Crippen LogP contribution in [0.5, 0.6) is 0 Å². The molecule has 0 spiro atoms. The number of hydrogen-bond acceptors (Lipinski definition) is 4. The molecule has 1 N–H and O–H groups in total. The molecule has 26 heavy (non-hydrogen) atoms. The van der Waals surface area contributed by atoms with E-state index in [1.54, 1.807) is 11.9 Å². The lowest BCUT2D eigenvalue weighted by Gasteiger charge is -2.15. The van der Waals surface area contributed by atoms with E-state index in [9.17, 15) is 4.79 Å². The first kappa shape index (κ1) is 16.8. The summed E-state index contributed by atoms with van der Waals surface area (Å²) in [6, 6.07) is 9.48. The Hall–Kier alpha value is -2.64. The van der Waals surface area contributed by atoms with Crippen LogP contribution in [0.15, 0.2) is 41.9 Å². The molecule has 4 aromatic rings. The largest absolute Gasteiger partial charge is 0.334 e. The van der Waals surface area contributed by atoms with E-state index in [1.807, 2.05) is 53.2 Å². The van der Waals surface area contributed by atoms with Crippen LogP contribution in [0.2, 0.25) is 5.02 Å². The lowest BCUT2D eigenvalue weighted by molar-refractivity contribution is 0.0777. The van der Waals surface area contributed by atoms with Crippen molar-refractivity contribution in [2.24, 2.45) is 0 Å². The fourth-order valence-electron chi connectivity index (χ4n) is 2.80. The lowest BCUT2D eigenvalue weighted by atomic mass is 10.2. The normalized spacial score (nSPS) is 11.2. The van der Waals surface area contributed by atoms with Gasteiger partial charge in [-0.05, 0) is 19.1 Å². The van der Waals surface area contributed by atoms with E-state index in [0.29, 0.717) is 17.3 Å². The third-order valence-electron chi connectivity index (χ3n) is 4.08. The second-order valence-corrected chi connectivity index (χ2v) is 7.33. The molecular formula is C18H16ClN5OS. The third kappa shape index (κ3) is 3.00. The van der Waals surface area contributed by atoms with E-state index in [2.05, 4.69) is 15.2 Å². The van der Waals surface area contributed by atoms with E-state index >= 15 is 0 Å². The van der Waals surface area contributed by atoms with Gasteiger partial charge in [0.15, 0.2) is 4.96 Å². The van der Waals surface area contributed by atoms with Crippen LogP contribution in [0.1, 0.15) is 21.9 Å². The van der Waals surface area contributed by atoms with Crippen molar-refractivity contribution in [2.45, 2.75) is 13.5 Å². The Morgan fingerprint density at radius 1 is 1.38 bits per heavy atom. The highest BCUT2D eigenvalue weighted by atomic mass is 35.5. The van der Waals surface area contributed by atoms with Crippen molar-refractivity contribution in [1.82, 2.24) is 24.5 Å². The van der Waals surface area contributed by atoms with Crippen molar-refractivity contribution >= 4 is 33.8 Å². The topological polar surface area (TPSA) is 66.3 Å². The number of nitrogens with zero attached hydrogens (tertiary/aromatic N) is 4. The molecule has 3 heterocycles. The van der Waals surface area contributed by atoms with Crippen LogP contribution in [0.25, 0.3) is 16.2 Å². The van der Waals surface area contributed by atoms with Gasteiger partial charge in [0.25, 0.3) is 5.91 Å². The maximum absolute atomic E-state index is 12.9. The second kappa shape index (κ2) is 6.59. The molecule has 4 rings (SSSR count). The molecule has 0 bridgehead atoms. The number of carbonyl (C=O) groups excluding carboxylic acids is 1. The van der Waals surface area contributed by atoms with E-state index in [0.717, 1.165) is 27.6 Å². The Morgan fingerprint density at radius 2 is 2.19 bits per heavy atom. The smallest absolute Gasteiger partial charge is 0.271 e. The number of carbonyl (C=O) groups is 1. The van der Waals surface area contributed by atoms with E-state index in [1.165, 1.54) is 11.3 Å². The predicted octanol–water partition coefficient (Wildman–Crippen LogP) is 4.02. The summed E-state index contributed by atoms with van der Waals surface area (Å²) in [4.78, 5) is 19.9. The Labute approximate surface area is 159 Å². The standard InChI is InChI=1S/C18H16ClN5OS/c1-11-7-12(22-21-11)8-23(2)17(25)16-10-26-18-20-15(9-24(16)18)13-5-3-4-6-14(13)19/h3-7,9-10H,8H2,1-2H3,(H,21,22). The summed E-state index contributed by atoms with van der Waals surface area (Å²) >= 11 is 7.70. The number of rotatable bonds is 4. The fraction of sp³-hybridized carbons (Fsp3) is 0.167. The number of aryl methyl sites for hydroxylation is 1. The molecule has 6 nitrogen and oxygen atoms in total. The van der Waals surface area contributed by atoms with Gasteiger partial charge in [-0.25, -0.2) is 4.98 Å². The average molecular weight is 386 g/mol. The molecule has 0 atom stereocenters. The van der Waals surface area contributed by atoms with Crippen LogP contribution in [0.4, 0.5) is 0 Å². The number of imidazole rings is 1.